The molecule has 2 saturated carbocycles. The minimum Gasteiger partial charge on any atom is -0.346 e. The molecule has 13 nitrogen and oxygen atoms in total. The van der Waals surface area contributed by atoms with Gasteiger partial charge < -0.3 is 26.2 Å². The van der Waals surface area contributed by atoms with Gasteiger partial charge in [-0.3, -0.25) is 19.2 Å². The first-order valence-electron chi connectivity index (χ1n) is 19.1. The van der Waals surface area contributed by atoms with Gasteiger partial charge in [0.1, 0.15) is 16.3 Å². The van der Waals surface area contributed by atoms with Gasteiger partial charge in [0.25, 0.3) is 15.9 Å². The summed E-state index contributed by atoms with van der Waals surface area (Å²) in [7, 11) is -3.84. The van der Waals surface area contributed by atoms with E-state index in [1.165, 1.54) is 15.3 Å². The molecule has 0 bridgehead atoms. The number of carbonyl (C=O) groups excluding carboxylic acids is 5. The highest BCUT2D eigenvalue weighted by molar-refractivity contribution is 7.91. The summed E-state index contributed by atoms with van der Waals surface area (Å²) < 4.78 is 28.8. The van der Waals surface area contributed by atoms with Gasteiger partial charge in [-0.25, -0.2) is 13.2 Å². The van der Waals surface area contributed by atoms with E-state index in [-0.39, 0.29) is 40.5 Å². The Balaban J connectivity index is 1.55. The standard InChI is InChI=1S/C39H62N6O7S2/c1-12-18-40-34(48)31(46)26(20-24-15-13-16-24)41-33(47)30-29-25(39(29,10)11)21-44(30)35(49)32(38(7,8)9)43-36(50)42-27(37(4,5)6)22-45(23(2)3)54(51,52)28-17-14-19-53-28/h12,14,17,19,23-27,29-30,32H,1,13,15-16,18,20-22H2,2-11H3,(H,40,48)(H,41,47)(H2,42,43,50)/t25-,26?,27+,29-,30-,32+/m0/s1. The number of hydrogen-bond donors (Lipinski definition) is 4. The number of carbonyl (C=O) groups is 5. The van der Waals surface area contributed by atoms with Crippen LogP contribution in [0.15, 0.2) is 34.4 Å². The van der Waals surface area contributed by atoms with Crippen LogP contribution < -0.4 is 21.3 Å². The number of thiophene rings is 1. The van der Waals surface area contributed by atoms with E-state index < -0.39 is 80.6 Å². The van der Waals surface area contributed by atoms with Crippen LogP contribution in [0.25, 0.3) is 0 Å². The average Bonchev–Trinajstić information content (AvgIpc) is 3.50. The first kappa shape index (κ1) is 43.4. The highest BCUT2D eigenvalue weighted by atomic mass is 32.2. The van der Waals surface area contributed by atoms with Crippen molar-refractivity contribution in [2.45, 2.75) is 129 Å². The number of piperidine rings is 1. The van der Waals surface area contributed by atoms with Gasteiger partial charge in [-0.15, -0.1) is 17.9 Å². The Morgan fingerprint density at radius 2 is 1.69 bits per heavy atom. The topological polar surface area (TPSA) is 174 Å². The number of sulfonamides is 1. The Hall–Kier alpha value is -3.30. The second-order valence-electron chi connectivity index (χ2n) is 18.3. The molecule has 6 atom stereocenters. The van der Waals surface area contributed by atoms with Crippen LogP contribution in [0.5, 0.6) is 0 Å². The summed E-state index contributed by atoms with van der Waals surface area (Å²) >= 11 is 1.13. The van der Waals surface area contributed by atoms with E-state index in [2.05, 4.69) is 41.7 Å². The number of nitrogens with zero attached hydrogens (tertiary/aromatic N) is 2. The molecule has 0 aromatic carbocycles. The minimum absolute atomic E-state index is 0.00210. The zero-order chi connectivity index (χ0) is 40.6. The Morgan fingerprint density at radius 1 is 1.04 bits per heavy atom. The minimum atomic E-state index is -3.84. The predicted molar refractivity (Wildman–Crippen MR) is 210 cm³/mol. The first-order chi connectivity index (χ1) is 24.9. The summed E-state index contributed by atoms with van der Waals surface area (Å²) in [5.41, 5.74) is -1.58. The zero-order valence-electron chi connectivity index (χ0n) is 33.7. The SMILES string of the molecule is C=CCNC(=O)C(=O)C(CC1CCC1)NC(=O)[C@@H]1[C@@H]2[C@H](CN1C(=O)[C@@H](NC(=O)N[C@H](CN(C(C)C)S(=O)(=O)c1cccs1)C(C)(C)C)C(C)(C)C)C2(C)C. The van der Waals surface area contributed by atoms with Crippen LogP contribution in [0.2, 0.25) is 0 Å². The molecule has 2 aliphatic carbocycles. The molecule has 15 heteroatoms. The number of urea groups is 1. The van der Waals surface area contributed by atoms with Crippen molar-refractivity contribution in [1.82, 2.24) is 30.5 Å². The fraction of sp³-hybridized carbons (Fsp3) is 0.718. The maximum Gasteiger partial charge on any atom is 0.315 e. The monoisotopic (exact) mass is 790 g/mol. The lowest BCUT2D eigenvalue weighted by atomic mass is 9.80. The van der Waals surface area contributed by atoms with Crippen molar-refractivity contribution in [3.8, 4) is 0 Å². The predicted octanol–water partition coefficient (Wildman–Crippen LogP) is 4.31. The van der Waals surface area contributed by atoms with Gasteiger partial charge in [0, 0.05) is 31.7 Å². The van der Waals surface area contributed by atoms with Crippen LogP contribution in [-0.4, -0.2) is 97.0 Å². The molecule has 5 amide bonds. The molecule has 1 unspecified atom stereocenters. The fourth-order valence-electron chi connectivity index (χ4n) is 7.75. The van der Waals surface area contributed by atoms with Crippen molar-refractivity contribution in [2.75, 3.05) is 19.6 Å². The zero-order valence-corrected chi connectivity index (χ0v) is 35.3. The molecule has 1 aromatic rings. The van der Waals surface area contributed by atoms with Crippen LogP contribution in [0.1, 0.15) is 94.9 Å². The average molecular weight is 791 g/mol. The summed E-state index contributed by atoms with van der Waals surface area (Å²) in [6.45, 7) is 22.9. The van der Waals surface area contributed by atoms with E-state index in [4.69, 9.17) is 0 Å². The maximum atomic E-state index is 14.6. The summed E-state index contributed by atoms with van der Waals surface area (Å²) in [6.07, 6.45) is 4.67. The second-order valence-corrected chi connectivity index (χ2v) is 21.3. The molecule has 302 valence electrons. The van der Waals surface area contributed by atoms with Gasteiger partial charge >= 0.3 is 6.03 Å². The van der Waals surface area contributed by atoms with E-state index in [1.54, 1.807) is 31.4 Å². The largest absolute Gasteiger partial charge is 0.346 e. The molecule has 1 aliphatic heterocycles. The summed E-state index contributed by atoms with van der Waals surface area (Å²) in [6, 6.07) is -1.41. The molecular formula is C39H62N6O7S2. The van der Waals surface area contributed by atoms with E-state index in [0.29, 0.717) is 13.0 Å². The molecule has 1 saturated heterocycles. The Labute approximate surface area is 325 Å². The van der Waals surface area contributed by atoms with E-state index in [0.717, 1.165) is 30.6 Å². The molecule has 3 aliphatic rings. The molecule has 4 rings (SSSR count). The lowest BCUT2D eigenvalue weighted by molar-refractivity contribution is -0.145. The molecular weight excluding hydrogens is 729 g/mol. The Morgan fingerprint density at radius 3 is 2.19 bits per heavy atom. The van der Waals surface area contributed by atoms with Crippen molar-refractivity contribution in [3.63, 3.8) is 0 Å². The normalized spacial score (nSPS) is 22.7. The summed E-state index contributed by atoms with van der Waals surface area (Å²) in [5, 5.41) is 13.0. The number of ketones is 1. The number of nitrogens with one attached hydrogen (secondary N) is 4. The third kappa shape index (κ3) is 9.55. The van der Waals surface area contributed by atoms with Crippen molar-refractivity contribution in [2.24, 2.45) is 34.0 Å². The van der Waals surface area contributed by atoms with Gasteiger partial charge in [-0.05, 0) is 65.7 Å². The van der Waals surface area contributed by atoms with Gasteiger partial charge in [0.05, 0.1) is 6.04 Å². The molecule has 54 heavy (non-hydrogen) atoms. The molecule has 1 aromatic heterocycles. The van der Waals surface area contributed by atoms with Crippen molar-refractivity contribution < 1.29 is 32.4 Å². The maximum absolute atomic E-state index is 14.6. The van der Waals surface area contributed by atoms with Gasteiger partial charge in [0.15, 0.2) is 0 Å². The van der Waals surface area contributed by atoms with Gasteiger partial charge in [-0.2, -0.15) is 4.31 Å². The quantitative estimate of drug-likeness (QED) is 0.143. The number of rotatable bonds is 16. The number of amides is 5. The van der Waals surface area contributed by atoms with Crippen molar-refractivity contribution in [1.29, 1.82) is 0 Å². The van der Waals surface area contributed by atoms with Gasteiger partial charge in [-0.1, -0.05) is 86.8 Å². The third-order valence-electron chi connectivity index (χ3n) is 11.6. The fourth-order valence-corrected chi connectivity index (χ4v) is 10.5. The molecule has 4 N–H and O–H groups in total. The molecule has 3 fully saturated rings. The van der Waals surface area contributed by atoms with Crippen LogP contribution in [-0.2, 0) is 29.2 Å². The molecule has 2 heterocycles. The Kier molecular flexibility index (Phi) is 13.2. The smallest absolute Gasteiger partial charge is 0.315 e. The van der Waals surface area contributed by atoms with Gasteiger partial charge in [0.2, 0.25) is 17.6 Å². The van der Waals surface area contributed by atoms with E-state index >= 15 is 0 Å². The summed E-state index contributed by atoms with van der Waals surface area (Å²) in [5.74, 6) is -2.34. The molecule has 0 radical (unpaired) electrons. The Bertz CT molecular complexity index is 1670. The highest BCUT2D eigenvalue weighted by Crippen LogP contribution is 2.65. The molecule has 0 spiro atoms. The lowest BCUT2D eigenvalue weighted by Gasteiger charge is -2.39. The van der Waals surface area contributed by atoms with Crippen molar-refractivity contribution in [3.05, 3.63) is 30.2 Å². The summed E-state index contributed by atoms with van der Waals surface area (Å²) in [4.78, 5) is 70.3. The number of fused-ring (bicyclic) bond motifs is 1. The van der Waals surface area contributed by atoms with Crippen molar-refractivity contribution >= 4 is 50.9 Å². The van der Waals surface area contributed by atoms with E-state index in [9.17, 15) is 32.4 Å². The van der Waals surface area contributed by atoms with Crippen LogP contribution >= 0.6 is 11.3 Å². The number of hydrogen-bond acceptors (Lipinski definition) is 8. The van der Waals surface area contributed by atoms with Crippen LogP contribution in [0.3, 0.4) is 0 Å². The second kappa shape index (κ2) is 16.4. The van der Waals surface area contributed by atoms with Crippen LogP contribution in [0, 0.1) is 34.0 Å². The van der Waals surface area contributed by atoms with E-state index in [1.807, 2.05) is 41.5 Å². The highest BCUT2D eigenvalue weighted by Gasteiger charge is 2.70. The number of likely N-dealkylation sites (tertiary alicyclic amines) is 1. The number of Topliss-reactive ketones (excluding diaryl/α,β-unsaturated/α-hetero) is 1. The lowest BCUT2D eigenvalue weighted by Crippen LogP contribution is -2.63. The first-order valence-corrected chi connectivity index (χ1v) is 21.4. The van der Waals surface area contributed by atoms with Crippen LogP contribution in [0.4, 0.5) is 4.79 Å². The third-order valence-corrected chi connectivity index (χ3v) is 15.0.